The van der Waals surface area contributed by atoms with Crippen molar-refractivity contribution in [1.29, 1.82) is 0 Å². The third kappa shape index (κ3) is 7.79. The number of carbonyl (C=O) groups is 2. The largest absolute Gasteiger partial charge is 0.493 e. The van der Waals surface area contributed by atoms with Crippen molar-refractivity contribution in [3.8, 4) is 23.0 Å². The van der Waals surface area contributed by atoms with Crippen molar-refractivity contribution in [3.63, 3.8) is 0 Å². The predicted molar refractivity (Wildman–Crippen MR) is 147 cm³/mol. The second-order valence-corrected chi connectivity index (χ2v) is 11.3. The molecule has 2 atom stereocenters. The fourth-order valence-electron chi connectivity index (χ4n) is 5.88. The van der Waals surface area contributed by atoms with Gasteiger partial charge in [0, 0.05) is 12.6 Å². The average Bonchev–Trinajstić information content (AvgIpc) is 2.86. The summed E-state index contributed by atoms with van der Waals surface area (Å²) >= 11 is 0. The van der Waals surface area contributed by atoms with Crippen molar-refractivity contribution in [2.24, 2.45) is 10.8 Å². The fourth-order valence-corrected chi connectivity index (χ4v) is 5.88. The topological polar surface area (TPSA) is 95.1 Å². The standard InChI is InChI=1S/C30H42N2O6/c1-29(2)16-22(32-28(34)15-21-9-11-24(36-5)26(13-21)38-7)17-30(3,18-29)19-31-27(33)14-20-8-10-23(35-4)25(12-20)37-6/h8-13,22H,14-19H2,1-7H3,(H,31,33)(H,32,34). The molecule has 1 fully saturated rings. The molecule has 1 aliphatic rings. The molecule has 0 heterocycles. The molecule has 0 saturated heterocycles. The molecule has 8 heteroatoms. The molecule has 1 saturated carbocycles. The first-order valence-corrected chi connectivity index (χ1v) is 13.0. The highest BCUT2D eigenvalue weighted by atomic mass is 16.5. The van der Waals surface area contributed by atoms with Crippen molar-refractivity contribution >= 4 is 11.8 Å². The van der Waals surface area contributed by atoms with Gasteiger partial charge in [0.05, 0.1) is 41.3 Å². The molecule has 208 valence electrons. The normalized spacial score (nSPS) is 20.2. The monoisotopic (exact) mass is 526 g/mol. The Morgan fingerprint density at radius 2 is 1.26 bits per heavy atom. The fraction of sp³-hybridized carbons (Fsp3) is 0.533. The maximum absolute atomic E-state index is 13.0. The van der Waals surface area contributed by atoms with E-state index in [9.17, 15) is 9.59 Å². The summed E-state index contributed by atoms with van der Waals surface area (Å²) in [6.07, 6.45) is 3.16. The number of methoxy groups -OCH3 is 4. The van der Waals surface area contributed by atoms with Gasteiger partial charge in [-0.15, -0.1) is 0 Å². The van der Waals surface area contributed by atoms with Gasteiger partial charge < -0.3 is 29.6 Å². The maximum Gasteiger partial charge on any atom is 0.224 e. The summed E-state index contributed by atoms with van der Waals surface area (Å²) in [6.45, 7) is 7.19. The summed E-state index contributed by atoms with van der Waals surface area (Å²) in [5.41, 5.74) is 1.61. The Morgan fingerprint density at radius 1 is 0.763 bits per heavy atom. The smallest absolute Gasteiger partial charge is 0.224 e. The molecule has 2 amide bonds. The van der Waals surface area contributed by atoms with Gasteiger partial charge in [-0.2, -0.15) is 0 Å². The molecule has 0 radical (unpaired) electrons. The molecule has 2 aromatic rings. The number of ether oxygens (including phenoxy) is 4. The number of benzene rings is 2. The summed E-state index contributed by atoms with van der Waals surface area (Å²) in [4.78, 5) is 25.8. The van der Waals surface area contributed by atoms with E-state index in [1.807, 2.05) is 36.4 Å². The lowest BCUT2D eigenvalue weighted by Gasteiger charge is -2.47. The van der Waals surface area contributed by atoms with Crippen LogP contribution in [0.15, 0.2) is 36.4 Å². The van der Waals surface area contributed by atoms with E-state index in [4.69, 9.17) is 18.9 Å². The van der Waals surface area contributed by atoms with Gasteiger partial charge in [-0.05, 0) is 65.5 Å². The zero-order valence-electron chi connectivity index (χ0n) is 23.7. The van der Waals surface area contributed by atoms with Crippen LogP contribution >= 0.6 is 0 Å². The Bertz CT molecular complexity index is 1130. The van der Waals surface area contributed by atoms with Crippen molar-refractivity contribution in [2.45, 2.75) is 58.9 Å². The van der Waals surface area contributed by atoms with Crippen molar-refractivity contribution < 1.29 is 28.5 Å². The van der Waals surface area contributed by atoms with E-state index in [0.717, 1.165) is 30.4 Å². The first kappa shape index (κ1) is 29.1. The van der Waals surface area contributed by atoms with Gasteiger partial charge in [0.1, 0.15) is 0 Å². The summed E-state index contributed by atoms with van der Waals surface area (Å²) < 4.78 is 21.3. The number of hydrogen-bond acceptors (Lipinski definition) is 6. The molecule has 2 unspecified atom stereocenters. The molecule has 0 bridgehead atoms. The lowest BCUT2D eigenvalue weighted by molar-refractivity contribution is -0.123. The van der Waals surface area contributed by atoms with Crippen molar-refractivity contribution in [1.82, 2.24) is 10.6 Å². The lowest BCUT2D eigenvalue weighted by atomic mass is 9.62. The van der Waals surface area contributed by atoms with Gasteiger partial charge in [-0.25, -0.2) is 0 Å². The van der Waals surface area contributed by atoms with Crippen LogP contribution < -0.4 is 29.6 Å². The highest BCUT2D eigenvalue weighted by Gasteiger charge is 2.41. The first-order chi connectivity index (χ1) is 18.0. The molecular weight excluding hydrogens is 484 g/mol. The van der Waals surface area contributed by atoms with Crippen LogP contribution in [0.2, 0.25) is 0 Å². The number of carbonyl (C=O) groups excluding carboxylic acids is 2. The number of nitrogens with one attached hydrogen (secondary N) is 2. The van der Waals surface area contributed by atoms with Crippen LogP contribution in [0.3, 0.4) is 0 Å². The zero-order chi connectivity index (χ0) is 27.9. The molecule has 38 heavy (non-hydrogen) atoms. The molecule has 0 spiro atoms. The Balaban J connectivity index is 1.59. The number of amides is 2. The molecule has 0 aromatic heterocycles. The van der Waals surface area contributed by atoms with E-state index >= 15 is 0 Å². The highest BCUT2D eigenvalue weighted by Crippen LogP contribution is 2.45. The average molecular weight is 527 g/mol. The van der Waals surface area contributed by atoms with Crippen molar-refractivity contribution in [3.05, 3.63) is 47.5 Å². The van der Waals surface area contributed by atoms with Crippen LogP contribution in [-0.4, -0.2) is 52.8 Å². The van der Waals surface area contributed by atoms with Gasteiger partial charge in [-0.1, -0.05) is 32.9 Å². The number of rotatable bonds is 11. The Morgan fingerprint density at radius 3 is 1.76 bits per heavy atom. The van der Waals surface area contributed by atoms with E-state index in [1.54, 1.807) is 28.4 Å². The summed E-state index contributed by atoms with van der Waals surface area (Å²) in [6, 6.07) is 11.1. The van der Waals surface area contributed by atoms with Gasteiger partial charge in [0.25, 0.3) is 0 Å². The summed E-state index contributed by atoms with van der Waals surface area (Å²) in [5.74, 6) is 2.40. The van der Waals surface area contributed by atoms with Gasteiger partial charge in [0.15, 0.2) is 23.0 Å². The summed E-state index contributed by atoms with van der Waals surface area (Å²) in [7, 11) is 6.34. The predicted octanol–water partition coefficient (Wildman–Crippen LogP) is 4.32. The van der Waals surface area contributed by atoms with Crippen LogP contribution in [0.5, 0.6) is 23.0 Å². The van der Waals surface area contributed by atoms with E-state index in [2.05, 4.69) is 31.4 Å². The van der Waals surface area contributed by atoms with E-state index in [-0.39, 0.29) is 41.5 Å². The van der Waals surface area contributed by atoms with E-state index < -0.39 is 0 Å². The molecule has 0 aliphatic heterocycles. The van der Waals surface area contributed by atoms with Crippen LogP contribution in [0.25, 0.3) is 0 Å². The molecule has 2 aromatic carbocycles. The Labute approximate surface area is 226 Å². The number of hydrogen-bond donors (Lipinski definition) is 2. The molecule has 1 aliphatic carbocycles. The molecule has 2 N–H and O–H groups in total. The molecular formula is C30H42N2O6. The Hall–Kier alpha value is -3.42. The minimum absolute atomic E-state index is 0.0270. The third-order valence-corrected chi connectivity index (χ3v) is 7.15. The minimum atomic E-state index is -0.143. The SMILES string of the molecule is COc1ccc(CC(=O)NCC2(C)CC(NC(=O)Cc3ccc(OC)c(OC)c3)CC(C)(C)C2)cc1OC. The van der Waals surface area contributed by atoms with E-state index in [0.29, 0.717) is 29.5 Å². The quantitative estimate of drug-likeness (QED) is 0.453. The van der Waals surface area contributed by atoms with Gasteiger partial charge in [0.2, 0.25) is 11.8 Å². The second kappa shape index (κ2) is 12.4. The second-order valence-electron chi connectivity index (χ2n) is 11.3. The van der Waals surface area contributed by atoms with Gasteiger partial charge in [-0.3, -0.25) is 9.59 Å². The first-order valence-electron chi connectivity index (χ1n) is 13.0. The highest BCUT2D eigenvalue weighted by molar-refractivity contribution is 5.79. The molecule has 8 nitrogen and oxygen atoms in total. The van der Waals surface area contributed by atoms with Crippen LogP contribution in [0, 0.1) is 10.8 Å². The molecule has 3 rings (SSSR count). The third-order valence-electron chi connectivity index (χ3n) is 7.15. The maximum atomic E-state index is 13.0. The van der Waals surface area contributed by atoms with Crippen molar-refractivity contribution in [2.75, 3.05) is 35.0 Å². The zero-order valence-corrected chi connectivity index (χ0v) is 23.7. The van der Waals surface area contributed by atoms with Gasteiger partial charge >= 0.3 is 0 Å². The van der Waals surface area contributed by atoms with Crippen LogP contribution in [-0.2, 0) is 22.4 Å². The minimum Gasteiger partial charge on any atom is -0.493 e. The van der Waals surface area contributed by atoms with E-state index in [1.165, 1.54) is 0 Å². The van der Waals surface area contributed by atoms with Crippen LogP contribution in [0.4, 0.5) is 0 Å². The van der Waals surface area contributed by atoms with Crippen LogP contribution in [0.1, 0.15) is 51.2 Å². The Kier molecular flexibility index (Phi) is 9.52. The summed E-state index contributed by atoms with van der Waals surface area (Å²) in [5, 5.41) is 6.38. The lowest BCUT2D eigenvalue weighted by Crippen LogP contribution is -2.50.